The number of amides is 1. The molecule has 32 heavy (non-hydrogen) atoms. The lowest BCUT2D eigenvalue weighted by molar-refractivity contribution is 0.0502. The number of anilines is 1. The van der Waals surface area contributed by atoms with Crippen LogP contribution in [0.2, 0.25) is 0 Å². The first-order valence-corrected chi connectivity index (χ1v) is 10.5. The first-order valence-electron chi connectivity index (χ1n) is 10.5. The Morgan fingerprint density at radius 2 is 2.09 bits per heavy atom. The van der Waals surface area contributed by atoms with Crippen LogP contribution >= 0.6 is 0 Å². The van der Waals surface area contributed by atoms with Crippen LogP contribution in [0.4, 0.5) is 10.6 Å². The lowest BCUT2D eigenvalue weighted by atomic mass is 9.82. The second kappa shape index (κ2) is 8.62. The molecule has 0 aliphatic carbocycles. The normalized spacial score (nSPS) is 16.6. The SMILES string of the molecule is COCOc1ccccc1CC(C)(C)c1cc2c(nn1)c(N)nn2C1CCN(C(=O)O)C1. The van der Waals surface area contributed by atoms with Gasteiger partial charge in [0.1, 0.15) is 5.75 Å². The van der Waals surface area contributed by atoms with Crippen LogP contribution in [-0.2, 0) is 16.6 Å². The molecule has 1 saturated heterocycles. The summed E-state index contributed by atoms with van der Waals surface area (Å²) in [4.78, 5) is 12.7. The third kappa shape index (κ3) is 4.18. The van der Waals surface area contributed by atoms with Crippen molar-refractivity contribution in [2.45, 2.75) is 38.1 Å². The molecule has 10 nitrogen and oxygen atoms in total. The smallest absolute Gasteiger partial charge is 0.407 e. The molecule has 1 unspecified atom stereocenters. The summed E-state index contributed by atoms with van der Waals surface area (Å²) in [5.41, 5.74) is 8.86. The fourth-order valence-electron chi connectivity index (χ4n) is 4.16. The Bertz CT molecular complexity index is 1130. The number of carbonyl (C=O) groups is 1. The first kappa shape index (κ1) is 21.8. The molecule has 0 radical (unpaired) electrons. The molecule has 0 bridgehead atoms. The van der Waals surface area contributed by atoms with Crippen molar-refractivity contribution < 1.29 is 19.4 Å². The molecule has 0 spiro atoms. The van der Waals surface area contributed by atoms with Gasteiger partial charge in [-0.2, -0.15) is 10.2 Å². The van der Waals surface area contributed by atoms with E-state index in [0.717, 1.165) is 22.5 Å². The number of nitrogens with two attached hydrogens (primary N) is 1. The second-order valence-corrected chi connectivity index (χ2v) is 8.68. The minimum atomic E-state index is -0.923. The van der Waals surface area contributed by atoms with E-state index in [-0.39, 0.29) is 18.2 Å². The van der Waals surface area contributed by atoms with E-state index in [4.69, 9.17) is 15.2 Å². The summed E-state index contributed by atoms with van der Waals surface area (Å²) in [6, 6.07) is 9.73. The first-order chi connectivity index (χ1) is 15.3. The minimum Gasteiger partial charge on any atom is -0.467 e. The minimum absolute atomic E-state index is 0.0887. The number of hydrogen-bond acceptors (Lipinski definition) is 7. The summed E-state index contributed by atoms with van der Waals surface area (Å²) in [7, 11) is 1.59. The summed E-state index contributed by atoms with van der Waals surface area (Å²) in [6.07, 6.45) is 0.425. The van der Waals surface area contributed by atoms with Crippen LogP contribution in [0.15, 0.2) is 30.3 Å². The number of benzene rings is 1. The molecule has 170 valence electrons. The van der Waals surface area contributed by atoms with Gasteiger partial charge in [0.15, 0.2) is 18.1 Å². The largest absolute Gasteiger partial charge is 0.467 e. The van der Waals surface area contributed by atoms with E-state index >= 15 is 0 Å². The van der Waals surface area contributed by atoms with Crippen LogP contribution < -0.4 is 10.5 Å². The van der Waals surface area contributed by atoms with Crippen molar-refractivity contribution in [3.63, 3.8) is 0 Å². The predicted octanol–water partition coefficient (Wildman–Crippen LogP) is 2.84. The zero-order chi connectivity index (χ0) is 22.9. The Morgan fingerprint density at radius 1 is 1.31 bits per heavy atom. The van der Waals surface area contributed by atoms with E-state index < -0.39 is 6.09 Å². The van der Waals surface area contributed by atoms with Gasteiger partial charge in [0, 0.05) is 25.6 Å². The number of para-hydroxylation sites is 1. The molecule has 1 aliphatic rings. The van der Waals surface area contributed by atoms with E-state index in [1.165, 1.54) is 4.90 Å². The lowest BCUT2D eigenvalue weighted by Gasteiger charge is -2.25. The Hall–Kier alpha value is -3.40. The summed E-state index contributed by atoms with van der Waals surface area (Å²) in [5, 5.41) is 22.6. The van der Waals surface area contributed by atoms with E-state index in [0.29, 0.717) is 37.3 Å². The maximum absolute atomic E-state index is 11.3. The second-order valence-electron chi connectivity index (χ2n) is 8.68. The van der Waals surface area contributed by atoms with Crippen LogP contribution in [0.1, 0.15) is 37.6 Å². The van der Waals surface area contributed by atoms with Gasteiger partial charge in [0.25, 0.3) is 0 Å². The number of carboxylic acid groups (broad SMARTS) is 1. The maximum Gasteiger partial charge on any atom is 0.407 e. The number of rotatable bonds is 7. The van der Waals surface area contributed by atoms with E-state index in [1.54, 1.807) is 11.8 Å². The van der Waals surface area contributed by atoms with E-state index in [9.17, 15) is 9.90 Å². The summed E-state index contributed by atoms with van der Waals surface area (Å²) >= 11 is 0. The highest BCUT2D eigenvalue weighted by atomic mass is 16.7. The Labute approximate surface area is 185 Å². The van der Waals surface area contributed by atoms with Gasteiger partial charge in [0.05, 0.1) is 17.3 Å². The topological polar surface area (TPSA) is 129 Å². The Balaban J connectivity index is 1.65. The maximum atomic E-state index is 11.3. The van der Waals surface area contributed by atoms with Gasteiger partial charge in [-0.25, -0.2) is 4.79 Å². The highest BCUT2D eigenvalue weighted by Gasteiger charge is 2.31. The number of ether oxygens (including phenoxy) is 2. The highest BCUT2D eigenvalue weighted by Crippen LogP contribution is 2.33. The van der Waals surface area contributed by atoms with Crippen molar-refractivity contribution in [1.82, 2.24) is 24.9 Å². The summed E-state index contributed by atoms with van der Waals surface area (Å²) in [5.74, 6) is 1.06. The number of nitrogens with zero attached hydrogens (tertiary/aromatic N) is 5. The van der Waals surface area contributed by atoms with Gasteiger partial charge >= 0.3 is 6.09 Å². The van der Waals surface area contributed by atoms with Crippen molar-refractivity contribution in [2.24, 2.45) is 0 Å². The quantitative estimate of drug-likeness (QED) is 0.537. The predicted molar refractivity (Wildman–Crippen MR) is 119 cm³/mol. The number of fused-ring (bicyclic) bond motifs is 1. The Kier molecular flexibility index (Phi) is 5.88. The number of methoxy groups -OCH3 is 1. The van der Waals surface area contributed by atoms with Crippen molar-refractivity contribution in [1.29, 1.82) is 0 Å². The average molecular weight is 441 g/mol. The van der Waals surface area contributed by atoms with Gasteiger partial charge in [0.2, 0.25) is 0 Å². The van der Waals surface area contributed by atoms with Crippen molar-refractivity contribution >= 4 is 22.9 Å². The summed E-state index contributed by atoms with van der Waals surface area (Å²) in [6.45, 7) is 5.22. The lowest BCUT2D eigenvalue weighted by Crippen LogP contribution is -2.27. The Morgan fingerprint density at radius 3 is 2.81 bits per heavy atom. The molecule has 1 aromatic carbocycles. The van der Waals surface area contributed by atoms with Gasteiger partial charge < -0.3 is 25.2 Å². The molecule has 4 rings (SSSR count). The van der Waals surface area contributed by atoms with Gasteiger partial charge in [-0.15, -0.1) is 5.10 Å². The molecule has 10 heteroatoms. The zero-order valence-electron chi connectivity index (χ0n) is 18.5. The van der Waals surface area contributed by atoms with Crippen LogP contribution in [0.5, 0.6) is 5.75 Å². The standard InChI is InChI=1S/C22H28N6O4/c1-22(2,11-14-6-4-5-7-17(14)32-13-31-3)18-10-16-19(25-24-18)20(23)26-28(16)15-8-9-27(12-15)21(29)30/h4-7,10,15H,8-9,11-13H2,1-3H3,(H2,23,26)(H,29,30). The van der Waals surface area contributed by atoms with Crippen molar-refractivity contribution in [3.8, 4) is 5.75 Å². The molecule has 2 aromatic heterocycles. The number of likely N-dealkylation sites (tertiary alicyclic amines) is 1. The van der Waals surface area contributed by atoms with Gasteiger partial charge in [-0.3, -0.25) is 4.68 Å². The molecular weight excluding hydrogens is 412 g/mol. The van der Waals surface area contributed by atoms with Crippen LogP contribution in [0, 0.1) is 0 Å². The fraction of sp³-hybridized carbons (Fsp3) is 0.455. The van der Waals surface area contributed by atoms with Crippen LogP contribution in [0.25, 0.3) is 11.0 Å². The van der Waals surface area contributed by atoms with Gasteiger partial charge in [-0.1, -0.05) is 32.0 Å². The van der Waals surface area contributed by atoms with E-state index in [1.807, 2.05) is 30.3 Å². The molecule has 1 fully saturated rings. The van der Waals surface area contributed by atoms with Crippen LogP contribution in [-0.4, -0.2) is 63.1 Å². The molecular formula is C22H28N6O4. The molecule has 3 N–H and O–H groups in total. The molecule has 3 aromatic rings. The molecule has 0 saturated carbocycles. The number of nitrogen functional groups attached to an aromatic ring is 1. The average Bonchev–Trinajstić information content (AvgIpc) is 3.38. The monoisotopic (exact) mass is 440 g/mol. The zero-order valence-corrected chi connectivity index (χ0v) is 18.5. The van der Waals surface area contributed by atoms with Crippen LogP contribution in [0.3, 0.4) is 0 Å². The summed E-state index contributed by atoms with van der Waals surface area (Å²) < 4.78 is 12.6. The van der Waals surface area contributed by atoms with Gasteiger partial charge in [-0.05, 0) is 30.5 Å². The molecule has 3 heterocycles. The van der Waals surface area contributed by atoms with E-state index in [2.05, 4.69) is 29.1 Å². The number of hydrogen-bond donors (Lipinski definition) is 2. The third-order valence-corrected chi connectivity index (χ3v) is 5.89. The number of aromatic nitrogens is 4. The van der Waals surface area contributed by atoms with Crippen molar-refractivity contribution in [3.05, 3.63) is 41.6 Å². The molecule has 1 aliphatic heterocycles. The highest BCUT2D eigenvalue weighted by molar-refractivity contribution is 5.85. The molecule has 1 amide bonds. The third-order valence-electron chi connectivity index (χ3n) is 5.89. The fourth-order valence-corrected chi connectivity index (χ4v) is 4.16. The molecule has 1 atom stereocenters. The van der Waals surface area contributed by atoms with Crippen molar-refractivity contribution in [2.75, 3.05) is 32.7 Å².